The fourth-order valence-corrected chi connectivity index (χ4v) is 4.27. The van der Waals surface area contributed by atoms with Crippen LogP contribution in [-0.2, 0) is 14.8 Å². The molecule has 0 aliphatic heterocycles. The highest BCUT2D eigenvalue weighted by Crippen LogP contribution is 2.22. The molecule has 1 atom stereocenters. The van der Waals surface area contributed by atoms with E-state index in [1.54, 1.807) is 13.0 Å². The molecule has 8 heteroatoms. The molecule has 1 aromatic carbocycles. The van der Waals surface area contributed by atoms with Crippen molar-refractivity contribution in [2.75, 3.05) is 0 Å². The summed E-state index contributed by atoms with van der Waals surface area (Å²) >= 11 is 0. The molecule has 24 heavy (non-hydrogen) atoms. The number of benzene rings is 1. The summed E-state index contributed by atoms with van der Waals surface area (Å²) in [4.78, 5) is 23.0. The number of sulfonamides is 1. The van der Waals surface area contributed by atoms with Gasteiger partial charge in [-0.05, 0) is 44.4 Å². The van der Waals surface area contributed by atoms with Crippen LogP contribution in [0.3, 0.4) is 0 Å². The van der Waals surface area contributed by atoms with Crippen molar-refractivity contribution in [3.63, 3.8) is 0 Å². The topological polar surface area (TPSA) is 113 Å². The van der Waals surface area contributed by atoms with Gasteiger partial charge in [0.1, 0.15) is 6.04 Å². The lowest BCUT2D eigenvalue weighted by molar-refractivity contribution is -0.138. The lowest BCUT2D eigenvalue weighted by Gasteiger charge is -2.15. The maximum Gasteiger partial charge on any atom is 0.325 e. The molecule has 1 fully saturated rings. The van der Waals surface area contributed by atoms with Gasteiger partial charge in [0.25, 0.3) is 5.91 Å². The third-order valence-corrected chi connectivity index (χ3v) is 5.80. The highest BCUT2D eigenvalue weighted by molar-refractivity contribution is 7.89. The molecule has 0 bridgehead atoms. The maximum atomic E-state index is 12.6. The molecule has 0 aromatic heterocycles. The molecule has 1 amide bonds. The van der Waals surface area contributed by atoms with Crippen molar-refractivity contribution in [1.29, 1.82) is 0 Å². The van der Waals surface area contributed by atoms with E-state index in [2.05, 4.69) is 10.0 Å². The zero-order valence-corrected chi connectivity index (χ0v) is 14.5. The number of hydrogen-bond donors (Lipinski definition) is 3. The van der Waals surface area contributed by atoms with Crippen molar-refractivity contribution < 1.29 is 23.1 Å². The van der Waals surface area contributed by atoms with Gasteiger partial charge in [0.05, 0.1) is 4.90 Å². The summed E-state index contributed by atoms with van der Waals surface area (Å²) < 4.78 is 27.8. The Bertz CT molecular complexity index is 739. The van der Waals surface area contributed by atoms with Crippen LogP contribution in [0, 0.1) is 6.92 Å². The van der Waals surface area contributed by atoms with E-state index in [1.807, 2.05) is 0 Å². The van der Waals surface area contributed by atoms with Gasteiger partial charge < -0.3 is 10.4 Å². The highest BCUT2D eigenvalue weighted by atomic mass is 32.2. The van der Waals surface area contributed by atoms with Crippen LogP contribution >= 0.6 is 0 Å². The van der Waals surface area contributed by atoms with Crippen LogP contribution in [0.1, 0.15) is 48.5 Å². The Kier molecular flexibility index (Phi) is 5.61. The zero-order valence-electron chi connectivity index (χ0n) is 13.7. The summed E-state index contributed by atoms with van der Waals surface area (Å²) in [5, 5.41) is 11.2. The van der Waals surface area contributed by atoms with Crippen LogP contribution in [0.2, 0.25) is 0 Å². The summed E-state index contributed by atoms with van der Waals surface area (Å²) in [5.74, 6) is -1.78. The third-order valence-electron chi connectivity index (χ3n) is 4.13. The lowest BCUT2D eigenvalue weighted by Crippen LogP contribution is -2.38. The molecule has 1 aliphatic carbocycles. The summed E-state index contributed by atoms with van der Waals surface area (Å²) in [6, 6.07) is 3.18. The van der Waals surface area contributed by atoms with E-state index < -0.39 is 27.9 Å². The maximum absolute atomic E-state index is 12.6. The Morgan fingerprint density at radius 1 is 1.25 bits per heavy atom. The minimum Gasteiger partial charge on any atom is -0.480 e. The molecule has 1 aliphatic rings. The summed E-state index contributed by atoms with van der Waals surface area (Å²) in [7, 11) is -3.72. The number of nitrogens with one attached hydrogen (secondary N) is 2. The largest absolute Gasteiger partial charge is 0.480 e. The quantitative estimate of drug-likeness (QED) is 0.715. The predicted octanol–water partition coefficient (Wildman–Crippen LogP) is 1.42. The Morgan fingerprint density at radius 3 is 2.46 bits per heavy atom. The average molecular weight is 354 g/mol. The lowest BCUT2D eigenvalue weighted by atomic mass is 10.1. The molecule has 7 nitrogen and oxygen atoms in total. The highest BCUT2D eigenvalue weighted by Gasteiger charge is 2.25. The fraction of sp³-hybridized carbons (Fsp3) is 0.500. The van der Waals surface area contributed by atoms with Gasteiger partial charge in [-0.25, -0.2) is 13.1 Å². The standard InChI is InChI=1S/C16H22N2O5S/c1-10-7-8-12(15(19)17-11(2)16(20)21)9-14(10)24(22,23)18-13-5-3-4-6-13/h7-9,11,13,18H,3-6H2,1-2H3,(H,17,19)(H,20,21)/t11-/m1/s1. The van der Waals surface area contributed by atoms with E-state index >= 15 is 0 Å². The first-order valence-corrected chi connectivity index (χ1v) is 9.35. The van der Waals surface area contributed by atoms with Gasteiger partial charge in [-0.2, -0.15) is 0 Å². The van der Waals surface area contributed by atoms with Crippen molar-refractivity contribution in [2.24, 2.45) is 0 Å². The molecule has 2 rings (SSSR count). The monoisotopic (exact) mass is 354 g/mol. The zero-order chi connectivity index (χ0) is 17.9. The minimum absolute atomic E-state index is 0.0463. The number of amides is 1. The first kappa shape index (κ1) is 18.4. The van der Waals surface area contributed by atoms with E-state index in [1.165, 1.54) is 19.1 Å². The Labute approximate surface area is 141 Å². The average Bonchev–Trinajstić information content (AvgIpc) is 2.99. The summed E-state index contributed by atoms with van der Waals surface area (Å²) in [6.07, 6.45) is 3.63. The number of hydrogen-bond acceptors (Lipinski definition) is 4. The van der Waals surface area contributed by atoms with Crippen LogP contribution in [0.25, 0.3) is 0 Å². The molecule has 0 heterocycles. The van der Waals surface area contributed by atoms with Gasteiger partial charge >= 0.3 is 5.97 Å². The van der Waals surface area contributed by atoms with Gasteiger partial charge in [0.15, 0.2) is 0 Å². The second kappa shape index (κ2) is 7.31. The molecule has 1 aromatic rings. The van der Waals surface area contributed by atoms with E-state index in [-0.39, 0.29) is 16.5 Å². The summed E-state index contributed by atoms with van der Waals surface area (Å²) in [6.45, 7) is 3.00. The molecular formula is C16H22N2O5S. The molecule has 132 valence electrons. The number of carboxylic acids is 1. The Balaban J connectivity index is 2.24. The molecule has 0 radical (unpaired) electrons. The number of carbonyl (C=O) groups is 2. The van der Waals surface area contributed by atoms with Gasteiger partial charge in [-0.1, -0.05) is 18.9 Å². The molecule has 0 saturated heterocycles. The van der Waals surface area contributed by atoms with Crippen molar-refractivity contribution in [3.8, 4) is 0 Å². The SMILES string of the molecule is Cc1ccc(C(=O)N[C@H](C)C(=O)O)cc1S(=O)(=O)NC1CCCC1. The number of rotatable bonds is 6. The Morgan fingerprint density at radius 2 is 1.88 bits per heavy atom. The van der Waals surface area contributed by atoms with Crippen LogP contribution in [0.15, 0.2) is 23.1 Å². The molecule has 0 unspecified atom stereocenters. The smallest absolute Gasteiger partial charge is 0.325 e. The van der Waals surface area contributed by atoms with E-state index in [0.717, 1.165) is 25.7 Å². The second-order valence-electron chi connectivity index (χ2n) is 6.12. The van der Waals surface area contributed by atoms with Gasteiger partial charge in [0.2, 0.25) is 10.0 Å². The van der Waals surface area contributed by atoms with Crippen molar-refractivity contribution in [1.82, 2.24) is 10.0 Å². The van der Waals surface area contributed by atoms with Crippen molar-refractivity contribution >= 4 is 21.9 Å². The molecule has 1 saturated carbocycles. The van der Waals surface area contributed by atoms with E-state index in [0.29, 0.717) is 5.56 Å². The van der Waals surface area contributed by atoms with Crippen LogP contribution in [-0.4, -0.2) is 37.5 Å². The number of aliphatic carboxylic acids is 1. The van der Waals surface area contributed by atoms with Crippen LogP contribution in [0.5, 0.6) is 0 Å². The third kappa shape index (κ3) is 4.33. The number of carboxylic acid groups (broad SMARTS) is 1. The first-order chi connectivity index (χ1) is 11.2. The van der Waals surface area contributed by atoms with Gasteiger partial charge in [0, 0.05) is 11.6 Å². The van der Waals surface area contributed by atoms with E-state index in [4.69, 9.17) is 5.11 Å². The Hall–Kier alpha value is -1.93. The van der Waals surface area contributed by atoms with Crippen molar-refractivity contribution in [3.05, 3.63) is 29.3 Å². The second-order valence-corrected chi connectivity index (χ2v) is 7.80. The first-order valence-electron chi connectivity index (χ1n) is 7.87. The fourth-order valence-electron chi connectivity index (χ4n) is 2.70. The predicted molar refractivity (Wildman–Crippen MR) is 88.3 cm³/mol. The van der Waals surface area contributed by atoms with Crippen LogP contribution < -0.4 is 10.0 Å². The van der Waals surface area contributed by atoms with Crippen LogP contribution in [0.4, 0.5) is 0 Å². The number of aryl methyl sites for hydroxylation is 1. The van der Waals surface area contributed by atoms with Gasteiger partial charge in [-0.3, -0.25) is 9.59 Å². The molecular weight excluding hydrogens is 332 g/mol. The van der Waals surface area contributed by atoms with Crippen molar-refractivity contribution in [2.45, 2.75) is 56.5 Å². The molecule has 0 spiro atoms. The summed E-state index contributed by atoms with van der Waals surface area (Å²) in [5.41, 5.74) is 0.642. The molecule has 3 N–H and O–H groups in total. The normalized spacial score (nSPS) is 16.8. The van der Waals surface area contributed by atoms with Gasteiger partial charge in [-0.15, -0.1) is 0 Å². The number of carbonyl (C=O) groups excluding carboxylic acids is 1. The van der Waals surface area contributed by atoms with E-state index in [9.17, 15) is 18.0 Å². The minimum atomic E-state index is -3.72.